The van der Waals surface area contributed by atoms with Crippen LogP contribution in [-0.4, -0.2) is 12.4 Å². The molecule has 0 saturated heterocycles. The molecule has 1 aromatic carbocycles. The van der Waals surface area contributed by atoms with Gasteiger partial charge < -0.3 is 4.74 Å². The van der Waals surface area contributed by atoms with E-state index in [1.807, 2.05) is 30.3 Å². The van der Waals surface area contributed by atoms with Gasteiger partial charge in [0.05, 0.1) is 0 Å². The molecule has 1 aliphatic rings. The Bertz CT molecular complexity index is 379. The summed E-state index contributed by atoms with van der Waals surface area (Å²) >= 11 is 0. The van der Waals surface area contributed by atoms with Gasteiger partial charge in [0.1, 0.15) is 0 Å². The molecule has 0 aliphatic carbocycles. The van der Waals surface area contributed by atoms with Crippen molar-refractivity contribution in [2.75, 3.05) is 0 Å². The highest BCUT2D eigenvalue weighted by molar-refractivity contribution is 6.01. The van der Waals surface area contributed by atoms with Crippen LogP contribution in [-0.2, 0) is 9.53 Å². The minimum absolute atomic E-state index is 0.339. The molecule has 0 amide bonds. The summed E-state index contributed by atoms with van der Waals surface area (Å²) in [6.45, 7) is 0. The van der Waals surface area contributed by atoms with Gasteiger partial charge in [0.25, 0.3) is 0 Å². The average molecular weight is 173 g/mol. The van der Waals surface area contributed by atoms with E-state index in [4.69, 9.17) is 0 Å². The van der Waals surface area contributed by atoms with E-state index in [0.29, 0.717) is 5.70 Å². The maximum atomic E-state index is 11.0. The second-order valence-electron chi connectivity index (χ2n) is 2.58. The molecule has 0 bridgehead atoms. The largest absolute Gasteiger partial charge is 0.410 e. The number of aliphatic imine (C=N–C) groups is 1. The van der Waals surface area contributed by atoms with Crippen LogP contribution in [0.15, 0.2) is 41.0 Å². The lowest BCUT2D eigenvalue weighted by molar-refractivity contribution is -0.129. The number of hydrogen-bond donors (Lipinski definition) is 0. The fourth-order valence-electron chi connectivity index (χ4n) is 1.05. The summed E-state index contributed by atoms with van der Waals surface area (Å²) in [6, 6.07) is 9.51. The second kappa shape index (κ2) is 3.23. The Morgan fingerprint density at radius 3 is 2.62 bits per heavy atom. The topological polar surface area (TPSA) is 38.7 Å². The summed E-state index contributed by atoms with van der Waals surface area (Å²) in [7, 11) is 0. The Morgan fingerprint density at radius 1 is 1.23 bits per heavy atom. The highest BCUT2D eigenvalue weighted by atomic mass is 16.5. The highest BCUT2D eigenvalue weighted by Gasteiger charge is 2.13. The number of benzene rings is 1. The van der Waals surface area contributed by atoms with Crippen LogP contribution in [0.25, 0.3) is 6.08 Å². The molecule has 0 spiro atoms. The van der Waals surface area contributed by atoms with Crippen LogP contribution in [0.3, 0.4) is 0 Å². The molecule has 0 radical (unpaired) electrons. The molecule has 13 heavy (non-hydrogen) atoms. The Morgan fingerprint density at radius 2 is 2.00 bits per heavy atom. The van der Waals surface area contributed by atoms with Crippen molar-refractivity contribution in [3.8, 4) is 0 Å². The zero-order valence-corrected chi connectivity index (χ0v) is 6.81. The number of rotatable bonds is 1. The molecule has 0 N–H and O–H groups in total. The van der Waals surface area contributed by atoms with Crippen LogP contribution in [0.4, 0.5) is 0 Å². The first-order valence-electron chi connectivity index (χ1n) is 3.86. The minimum Gasteiger partial charge on any atom is -0.410 e. The third kappa shape index (κ3) is 1.64. The first-order chi connectivity index (χ1) is 6.36. The van der Waals surface area contributed by atoms with Gasteiger partial charge in [-0.15, -0.1) is 0 Å². The predicted octanol–water partition coefficient (Wildman–Crippen LogP) is 1.61. The molecule has 0 aromatic heterocycles. The molecule has 0 saturated carbocycles. The Labute approximate surface area is 75.4 Å². The van der Waals surface area contributed by atoms with Crippen LogP contribution < -0.4 is 0 Å². The lowest BCUT2D eigenvalue weighted by atomic mass is 10.2. The molecule has 0 fully saturated rings. The number of ether oxygens (including phenoxy) is 1. The van der Waals surface area contributed by atoms with Gasteiger partial charge in [-0.1, -0.05) is 30.3 Å². The molecular weight excluding hydrogens is 166 g/mol. The molecule has 0 atom stereocenters. The zero-order valence-electron chi connectivity index (χ0n) is 6.81. The number of cyclic esters (lactones) is 1. The van der Waals surface area contributed by atoms with Crippen molar-refractivity contribution >= 4 is 18.4 Å². The highest BCUT2D eigenvalue weighted by Crippen LogP contribution is 2.11. The van der Waals surface area contributed by atoms with Crippen LogP contribution in [0.2, 0.25) is 0 Å². The van der Waals surface area contributed by atoms with E-state index in [9.17, 15) is 4.79 Å². The Kier molecular flexibility index (Phi) is 1.92. The van der Waals surface area contributed by atoms with Crippen LogP contribution in [0.5, 0.6) is 0 Å². The summed E-state index contributed by atoms with van der Waals surface area (Å²) in [4.78, 5) is 14.7. The fourth-order valence-corrected chi connectivity index (χ4v) is 1.05. The number of hydrogen-bond acceptors (Lipinski definition) is 3. The van der Waals surface area contributed by atoms with Gasteiger partial charge in [-0.2, -0.15) is 0 Å². The van der Waals surface area contributed by atoms with Gasteiger partial charge in [-0.3, -0.25) is 0 Å². The van der Waals surface area contributed by atoms with Gasteiger partial charge >= 0.3 is 5.97 Å². The standard InChI is InChI=1S/C10H7NO2/c12-10-9(11-7-13-10)6-8-4-2-1-3-5-8/h1-7H/b9-6-. The summed E-state index contributed by atoms with van der Waals surface area (Å²) in [5, 5.41) is 0. The van der Waals surface area contributed by atoms with Crippen LogP contribution in [0, 0.1) is 0 Å². The quantitative estimate of drug-likeness (QED) is 0.478. The van der Waals surface area contributed by atoms with Gasteiger partial charge in [0.15, 0.2) is 12.1 Å². The molecular formula is C10H7NO2. The molecule has 1 aromatic rings. The summed E-state index contributed by atoms with van der Waals surface area (Å²) in [6.07, 6.45) is 2.84. The summed E-state index contributed by atoms with van der Waals surface area (Å²) < 4.78 is 4.54. The van der Waals surface area contributed by atoms with Crippen molar-refractivity contribution < 1.29 is 9.53 Å². The maximum absolute atomic E-state index is 11.0. The monoisotopic (exact) mass is 173 g/mol. The van der Waals surface area contributed by atoms with Crippen LogP contribution >= 0.6 is 0 Å². The molecule has 64 valence electrons. The Hall–Kier alpha value is -1.90. The lowest BCUT2D eigenvalue weighted by Gasteiger charge is -1.91. The van der Waals surface area contributed by atoms with Gasteiger partial charge in [-0.05, 0) is 11.6 Å². The summed E-state index contributed by atoms with van der Waals surface area (Å²) in [5.74, 6) is -0.399. The van der Waals surface area contributed by atoms with Gasteiger partial charge in [0, 0.05) is 0 Å². The van der Waals surface area contributed by atoms with Gasteiger partial charge in [-0.25, -0.2) is 9.79 Å². The maximum Gasteiger partial charge on any atom is 0.363 e. The molecule has 3 nitrogen and oxygen atoms in total. The van der Waals surface area contributed by atoms with E-state index in [-0.39, 0.29) is 0 Å². The Balaban J connectivity index is 2.30. The fraction of sp³-hybridized carbons (Fsp3) is 0. The van der Waals surface area contributed by atoms with E-state index < -0.39 is 5.97 Å². The SMILES string of the molecule is O=C1OC=N/C1=C\c1ccccc1. The van der Waals surface area contributed by atoms with Crippen molar-refractivity contribution in [1.82, 2.24) is 0 Å². The molecule has 3 heteroatoms. The number of esters is 1. The van der Waals surface area contributed by atoms with Crippen molar-refractivity contribution in [3.05, 3.63) is 41.6 Å². The molecule has 2 rings (SSSR count). The molecule has 1 aliphatic heterocycles. The number of carbonyl (C=O) groups is 1. The second-order valence-corrected chi connectivity index (χ2v) is 2.58. The molecule has 0 unspecified atom stereocenters. The van der Waals surface area contributed by atoms with Crippen molar-refractivity contribution in [2.45, 2.75) is 0 Å². The van der Waals surface area contributed by atoms with Crippen molar-refractivity contribution in [1.29, 1.82) is 0 Å². The third-order valence-corrected chi connectivity index (χ3v) is 1.66. The number of carbonyl (C=O) groups excluding carboxylic acids is 1. The average Bonchev–Trinajstić information content (AvgIpc) is 2.54. The zero-order chi connectivity index (χ0) is 9.10. The van der Waals surface area contributed by atoms with E-state index in [1.54, 1.807) is 6.08 Å². The van der Waals surface area contributed by atoms with E-state index in [1.165, 1.54) is 0 Å². The van der Waals surface area contributed by atoms with Crippen LogP contribution in [0.1, 0.15) is 5.56 Å². The van der Waals surface area contributed by atoms with E-state index in [0.717, 1.165) is 12.0 Å². The third-order valence-electron chi connectivity index (χ3n) is 1.66. The number of nitrogens with zero attached hydrogens (tertiary/aromatic N) is 1. The minimum atomic E-state index is -0.399. The predicted molar refractivity (Wildman–Crippen MR) is 49.0 cm³/mol. The van der Waals surface area contributed by atoms with Crippen molar-refractivity contribution in [2.24, 2.45) is 4.99 Å². The van der Waals surface area contributed by atoms with E-state index >= 15 is 0 Å². The van der Waals surface area contributed by atoms with Crippen molar-refractivity contribution in [3.63, 3.8) is 0 Å². The first kappa shape index (κ1) is 7.73. The van der Waals surface area contributed by atoms with Gasteiger partial charge in [0.2, 0.25) is 0 Å². The normalized spacial score (nSPS) is 17.8. The first-order valence-corrected chi connectivity index (χ1v) is 3.86. The smallest absolute Gasteiger partial charge is 0.363 e. The molecule has 1 heterocycles. The summed E-state index contributed by atoms with van der Waals surface area (Å²) in [5.41, 5.74) is 1.28. The van der Waals surface area contributed by atoms with E-state index in [2.05, 4.69) is 9.73 Å². The lowest BCUT2D eigenvalue weighted by Crippen LogP contribution is -1.95.